The van der Waals surface area contributed by atoms with E-state index in [0.29, 0.717) is 30.2 Å². The van der Waals surface area contributed by atoms with Crippen molar-refractivity contribution in [3.8, 4) is 0 Å². The van der Waals surface area contributed by atoms with Crippen molar-refractivity contribution in [2.75, 3.05) is 13.1 Å². The second-order valence-corrected chi connectivity index (χ2v) is 10.5. The van der Waals surface area contributed by atoms with Crippen LogP contribution in [-0.2, 0) is 24.3 Å². The lowest BCUT2D eigenvalue weighted by molar-refractivity contribution is -0.134. The second kappa shape index (κ2) is 6.08. The second-order valence-electron chi connectivity index (χ2n) is 10.5. The maximum atomic E-state index is 13.1. The third-order valence-corrected chi connectivity index (χ3v) is 8.43. The van der Waals surface area contributed by atoms with Crippen molar-refractivity contribution < 1.29 is 4.79 Å². The highest BCUT2D eigenvalue weighted by Crippen LogP contribution is 2.70. The summed E-state index contributed by atoms with van der Waals surface area (Å²) in [5.74, 6) is 2.31. The van der Waals surface area contributed by atoms with Crippen LogP contribution in [0.3, 0.4) is 0 Å². The number of nitrogens with zero attached hydrogens (tertiary/aromatic N) is 4. The zero-order valence-corrected chi connectivity index (χ0v) is 18.1. The standard InChI is InChI=1S/C24H30N4O2/c1-14-22-19(10-17-23(22)24(17,2)3)28(25-14)8-7-20(29)26-11-15-9-16(13-26)18-5-4-6-21(30)27(18)12-15/h4-6,15-17,23H,7-13H2,1-3H3/t15-,16+,17-,23-/m1/s1. The summed E-state index contributed by atoms with van der Waals surface area (Å²) >= 11 is 0. The minimum atomic E-state index is 0.0890. The fourth-order valence-electron chi connectivity index (χ4n) is 6.81. The van der Waals surface area contributed by atoms with E-state index in [1.54, 1.807) is 6.07 Å². The summed E-state index contributed by atoms with van der Waals surface area (Å²) < 4.78 is 4.04. The Morgan fingerprint density at radius 1 is 1.23 bits per heavy atom. The largest absolute Gasteiger partial charge is 0.342 e. The average Bonchev–Trinajstić information content (AvgIpc) is 3.02. The normalized spacial score (nSPS) is 29.9. The lowest BCUT2D eigenvalue weighted by Crippen LogP contribution is -2.49. The van der Waals surface area contributed by atoms with Gasteiger partial charge < -0.3 is 9.47 Å². The Bertz CT molecular complexity index is 1110. The van der Waals surface area contributed by atoms with Gasteiger partial charge in [0.15, 0.2) is 0 Å². The van der Waals surface area contributed by atoms with Crippen LogP contribution >= 0.6 is 0 Å². The van der Waals surface area contributed by atoms with Crippen LogP contribution in [0.25, 0.3) is 0 Å². The Hall–Kier alpha value is -2.37. The maximum absolute atomic E-state index is 13.1. The lowest BCUT2D eigenvalue weighted by atomic mass is 9.83. The van der Waals surface area contributed by atoms with Crippen LogP contribution in [-0.4, -0.2) is 38.2 Å². The predicted molar refractivity (Wildman–Crippen MR) is 113 cm³/mol. The molecule has 1 saturated heterocycles. The van der Waals surface area contributed by atoms with E-state index in [1.165, 1.54) is 11.3 Å². The number of aryl methyl sites for hydroxylation is 2. The minimum absolute atomic E-state index is 0.0890. The van der Waals surface area contributed by atoms with E-state index in [0.717, 1.165) is 49.8 Å². The molecule has 6 rings (SSSR count). The van der Waals surface area contributed by atoms with E-state index in [1.807, 2.05) is 15.5 Å². The number of rotatable bonds is 3. The molecule has 0 N–H and O–H groups in total. The summed E-state index contributed by atoms with van der Waals surface area (Å²) in [4.78, 5) is 27.3. The summed E-state index contributed by atoms with van der Waals surface area (Å²) in [7, 11) is 0. The molecule has 4 heterocycles. The van der Waals surface area contributed by atoms with Gasteiger partial charge in [0.05, 0.1) is 5.69 Å². The first-order valence-corrected chi connectivity index (χ1v) is 11.4. The molecule has 2 aliphatic carbocycles. The Balaban J connectivity index is 1.15. The number of piperidine rings is 1. The molecular formula is C24H30N4O2. The first kappa shape index (κ1) is 18.4. The number of amides is 1. The monoisotopic (exact) mass is 406 g/mol. The molecule has 1 saturated carbocycles. The van der Waals surface area contributed by atoms with E-state index in [-0.39, 0.29) is 17.4 Å². The summed E-state index contributed by atoms with van der Waals surface area (Å²) in [5.41, 5.74) is 5.60. The molecule has 4 atom stereocenters. The van der Waals surface area contributed by atoms with Gasteiger partial charge in [0.1, 0.15) is 0 Å². The van der Waals surface area contributed by atoms with Crippen LogP contribution < -0.4 is 5.56 Å². The van der Waals surface area contributed by atoms with Gasteiger partial charge in [-0.15, -0.1) is 0 Å². The molecule has 2 aromatic heterocycles. The Morgan fingerprint density at radius 3 is 2.90 bits per heavy atom. The van der Waals surface area contributed by atoms with Gasteiger partial charge in [0.2, 0.25) is 5.91 Å². The van der Waals surface area contributed by atoms with E-state index < -0.39 is 0 Å². The van der Waals surface area contributed by atoms with E-state index >= 15 is 0 Å². The minimum Gasteiger partial charge on any atom is -0.342 e. The van der Waals surface area contributed by atoms with Crippen molar-refractivity contribution in [3.63, 3.8) is 0 Å². The zero-order chi connectivity index (χ0) is 20.8. The molecule has 2 fully saturated rings. The third kappa shape index (κ3) is 2.51. The van der Waals surface area contributed by atoms with Gasteiger partial charge in [-0.05, 0) is 49.0 Å². The van der Waals surface area contributed by atoms with Crippen LogP contribution in [0.1, 0.15) is 61.2 Å². The number of carbonyl (C=O) groups is 1. The molecule has 2 aromatic rings. The quantitative estimate of drug-likeness (QED) is 0.787. The highest BCUT2D eigenvalue weighted by Gasteiger charge is 2.63. The van der Waals surface area contributed by atoms with Crippen LogP contribution in [0.5, 0.6) is 0 Å². The van der Waals surface area contributed by atoms with Crippen LogP contribution in [0.15, 0.2) is 23.0 Å². The zero-order valence-electron chi connectivity index (χ0n) is 18.1. The van der Waals surface area contributed by atoms with Crippen molar-refractivity contribution in [1.82, 2.24) is 19.2 Å². The highest BCUT2D eigenvalue weighted by molar-refractivity contribution is 5.76. The average molecular weight is 407 g/mol. The molecule has 158 valence electrons. The van der Waals surface area contributed by atoms with Gasteiger partial charge >= 0.3 is 0 Å². The SMILES string of the molecule is Cc1nn(CCC(=O)N2C[C@H]3C[C@@H](C2)c2cccc(=O)n2C3)c2c1[C@H]1[C@@H](C2)C1(C)C. The third-order valence-electron chi connectivity index (χ3n) is 8.43. The molecule has 2 bridgehead atoms. The number of aromatic nitrogens is 3. The van der Waals surface area contributed by atoms with Crippen molar-refractivity contribution >= 4 is 5.91 Å². The van der Waals surface area contributed by atoms with Crippen LogP contribution in [0.4, 0.5) is 0 Å². The molecular weight excluding hydrogens is 376 g/mol. The van der Waals surface area contributed by atoms with Crippen molar-refractivity contribution in [1.29, 1.82) is 0 Å². The van der Waals surface area contributed by atoms with Crippen molar-refractivity contribution in [2.24, 2.45) is 17.3 Å². The van der Waals surface area contributed by atoms with Gasteiger partial charge in [0.25, 0.3) is 5.56 Å². The molecule has 0 spiro atoms. The molecule has 0 radical (unpaired) electrons. The molecule has 30 heavy (non-hydrogen) atoms. The molecule has 6 heteroatoms. The molecule has 0 aromatic carbocycles. The topological polar surface area (TPSA) is 60.1 Å². The fourth-order valence-corrected chi connectivity index (χ4v) is 6.81. The van der Waals surface area contributed by atoms with Crippen molar-refractivity contribution in [2.45, 2.75) is 65.0 Å². The maximum Gasteiger partial charge on any atom is 0.250 e. The molecule has 4 aliphatic rings. The van der Waals surface area contributed by atoms with E-state index in [2.05, 4.69) is 31.5 Å². The van der Waals surface area contributed by atoms with E-state index in [9.17, 15) is 9.59 Å². The Morgan fingerprint density at radius 2 is 2.07 bits per heavy atom. The molecule has 0 unspecified atom stereocenters. The number of hydrogen-bond acceptors (Lipinski definition) is 3. The van der Waals surface area contributed by atoms with Gasteiger partial charge in [-0.25, -0.2) is 0 Å². The molecule has 2 aliphatic heterocycles. The van der Waals surface area contributed by atoms with Crippen molar-refractivity contribution in [3.05, 3.63) is 51.2 Å². The highest BCUT2D eigenvalue weighted by atomic mass is 16.2. The lowest BCUT2D eigenvalue weighted by Gasteiger charge is -2.42. The first-order valence-electron chi connectivity index (χ1n) is 11.4. The van der Waals surface area contributed by atoms with Gasteiger partial charge in [-0.3, -0.25) is 14.3 Å². The van der Waals surface area contributed by atoms with Gasteiger partial charge in [-0.1, -0.05) is 19.9 Å². The fraction of sp³-hybridized carbons (Fsp3) is 0.625. The predicted octanol–water partition coefficient (Wildman–Crippen LogP) is 2.68. The number of fused-ring (bicyclic) bond motifs is 7. The summed E-state index contributed by atoms with van der Waals surface area (Å²) in [6, 6.07) is 5.55. The Labute approximate surface area is 176 Å². The molecule has 6 nitrogen and oxygen atoms in total. The number of carbonyl (C=O) groups excluding carboxylic acids is 1. The summed E-state index contributed by atoms with van der Waals surface area (Å²) in [6.45, 7) is 9.77. The van der Waals surface area contributed by atoms with Crippen LogP contribution in [0.2, 0.25) is 0 Å². The van der Waals surface area contributed by atoms with Gasteiger partial charge in [-0.2, -0.15) is 5.10 Å². The number of hydrogen-bond donors (Lipinski definition) is 0. The Kier molecular flexibility index (Phi) is 3.73. The summed E-state index contributed by atoms with van der Waals surface area (Å²) in [5, 5.41) is 4.80. The summed E-state index contributed by atoms with van der Waals surface area (Å²) in [6.07, 6.45) is 2.70. The smallest absolute Gasteiger partial charge is 0.250 e. The van der Waals surface area contributed by atoms with Crippen LogP contribution in [0, 0.1) is 24.2 Å². The number of pyridine rings is 1. The first-order chi connectivity index (χ1) is 14.3. The number of likely N-dealkylation sites (tertiary alicyclic amines) is 1. The van der Waals surface area contributed by atoms with Gasteiger partial charge in [0, 0.05) is 61.5 Å². The van der Waals surface area contributed by atoms with E-state index in [4.69, 9.17) is 5.10 Å². The molecule has 1 amide bonds.